The second-order valence-corrected chi connectivity index (χ2v) is 8.97. The van der Waals surface area contributed by atoms with Crippen molar-refractivity contribution in [2.24, 2.45) is 0 Å². The van der Waals surface area contributed by atoms with E-state index in [0.29, 0.717) is 38.8 Å². The molecule has 4 rings (SSSR count). The number of phenolic OH excluding ortho intramolecular Hbond substituents is 1. The van der Waals surface area contributed by atoms with Gasteiger partial charge in [0.1, 0.15) is 16.4 Å². The van der Waals surface area contributed by atoms with E-state index >= 15 is 0 Å². The number of amides is 2. The maximum absolute atomic E-state index is 12.7. The Hall–Kier alpha value is -3.46. The Bertz CT molecular complexity index is 1170. The van der Waals surface area contributed by atoms with Crippen LogP contribution in [0.3, 0.4) is 0 Å². The van der Waals surface area contributed by atoms with Crippen molar-refractivity contribution in [3.05, 3.63) is 58.2 Å². The molecule has 1 fully saturated rings. The first kappa shape index (κ1) is 21.8. The summed E-state index contributed by atoms with van der Waals surface area (Å²) < 4.78 is 0. The minimum atomic E-state index is -0.303. The number of nitrogens with one attached hydrogen (secondary N) is 2. The molecule has 2 heterocycles. The number of likely N-dealkylation sites (N-methyl/N-ethyl adjacent to an activating group) is 1. The third-order valence-electron chi connectivity index (χ3n) is 5.47. The van der Waals surface area contributed by atoms with E-state index in [1.54, 1.807) is 30.0 Å². The molecule has 2 amide bonds. The van der Waals surface area contributed by atoms with Crippen LogP contribution in [0, 0.1) is 13.8 Å². The highest BCUT2D eigenvalue weighted by atomic mass is 32.1. The summed E-state index contributed by atoms with van der Waals surface area (Å²) in [5.74, 6) is 0.446. The van der Waals surface area contributed by atoms with E-state index in [1.807, 2.05) is 26.1 Å². The van der Waals surface area contributed by atoms with Crippen LogP contribution in [0.15, 0.2) is 36.5 Å². The number of aromatic nitrogens is 2. The molecule has 9 heteroatoms. The zero-order valence-corrected chi connectivity index (χ0v) is 19.0. The number of hydrogen-bond donors (Lipinski definition) is 3. The van der Waals surface area contributed by atoms with Gasteiger partial charge >= 0.3 is 0 Å². The van der Waals surface area contributed by atoms with Gasteiger partial charge in [0.25, 0.3) is 5.91 Å². The smallest absolute Gasteiger partial charge is 0.267 e. The highest BCUT2D eigenvalue weighted by molar-refractivity contribution is 7.17. The van der Waals surface area contributed by atoms with Crippen molar-refractivity contribution < 1.29 is 14.7 Å². The van der Waals surface area contributed by atoms with Crippen molar-refractivity contribution in [3.63, 3.8) is 0 Å². The first-order valence-corrected chi connectivity index (χ1v) is 11.2. The molecule has 1 saturated carbocycles. The maximum Gasteiger partial charge on any atom is 0.267 e. The first-order chi connectivity index (χ1) is 15.3. The van der Waals surface area contributed by atoms with Gasteiger partial charge in [0.05, 0.1) is 24.0 Å². The topological polar surface area (TPSA) is 107 Å². The number of thiazole rings is 1. The lowest BCUT2D eigenvalue weighted by Crippen LogP contribution is -2.30. The molecule has 3 aromatic rings. The normalized spacial score (nSPS) is 13.0. The van der Waals surface area contributed by atoms with Crippen molar-refractivity contribution >= 4 is 39.8 Å². The molecule has 1 aliphatic carbocycles. The number of carbonyl (C=O) groups is 2. The van der Waals surface area contributed by atoms with Gasteiger partial charge in [-0.1, -0.05) is 23.5 Å². The van der Waals surface area contributed by atoms with Crippen LogP contribution in [-0.2, 0) is 11.2 Å². The summed E-state index contributed by atoms with van der Waals surface area (Å²) >= 11 is 1.20. The number of anilines is 3. The Balaban J connectivity index is 1.41. The minimum Gasteiger partial charge on any atom is -0.508 e. The third-order valence-corrected chi connectivity index (χ3v) is 6.39. The van der Waals surface area contributed by atoms with E-state index in [-0.39, 0.29) is 24.0 Å². The lowest BCUT2D eigenvalue weighted by atomic mass is 10.1. The fraction of sp³-hybridized carbons (Fsp3) is 0.304. The molecule has 0 unspecified atom stereocenters. The Morgan fingerprint density at radius 2 is 2.00 bits per heavy atom. The van der Waals surface area contributed by atoms with Crippen LogP contribution >= 0.6 is 11.3 Å². The second-order valence-electron chi connectivity index (χ2n) is 7.94. The minimum absolute atomic E-state index is 0.0582. The van der Waals surface area contributed by atoms with Crippen molar-refractivity contribution in [1.29, 1.82) is 0 Å². The highest BCUT2D eigenvalue weighted by Crippen LogP contribution is 2.30. The number of nitrogens with zero attached hydrogens (tertiary/aromatic N) is 3. The summed E-state index contributed by atoms with van der Waals surface area (Å²) in [6, 6.07) is 9.18. The lowest BCUT2D eigenvalue weighted by molar-refractivity contribution is -0.129. The average molecular weight is 452 g/mol. The summed E-state index contributed by atoms with van der Waals surface area (Å²) in [5, 5.41) is 16.4. The average Bonchev–Trinajstić information content (AvgIpc) is 3.52. The van der Waals surface area contributed by atoms with Crippen LogP contribution in [0.2, 0.25) is 0 Å². The molecule has 0 aliphatic heterocycles. The molecular formula is C23H25N5O3S. The Labute approximate surface area is 190 Å². The number of benzene rings is 1. The molecule has 3 N–H and O–H groups in total. The zero-order chi connectivity index (χ0) is 22.8. The SMILES string of the molecule is Cc1ccc(O)c(C)c1NC(=O)c1cnc(Nc2cccc(CC(=O)N(C)C3CC3)n2)s1. The largest absolute Gasteiger partial charge is 0.508 e. The van der Waals surface area contributed by atoms with Crippen LogP contribution in [0.25, 0.3) is 0 Å². The van der Waals surface area contributed by atoms with Crippen molar-refractivity contribution in [2.75, 3.05) is 17.7 Å². The number of hydrogen-bond acceptors (Lipinski definition) is 7. The Kier molecular flexibility index (Phi) is 6.09. The van der Waals surface area contributed by atoms with E-state index in [1.165, 1.54) is 17.5 Å². The number of carbonyl (C=O) groups excluding carboxylic acids is 2. The number of pyridine rings is 1. The zero-order valence-electron chi connectivity index (χ0n) is 18.2. The summed E-state index contributed by atoms with van der Waals surface area (Å²) in [6.07, 6.45) is 3.88. The van der Waals surface area contributed by atoms with E-state index in [9.17, 15) is 14.7 Å². The van der Waals surface area contributed by atoms with Gasteiger partial charge in [0, 0.05) is 18.7 Å². The molecule has 0 saturated heterocycles. The molecule has 2 aromatic heterocycles. The molecule has 0 bridgehead atoms. The monoisotopic (exact) mass is 451 g/mol. The molecule has 8 nitrogen and oxygen atoms in total. The fourth-order valence-electron chi connectivity index (χ4n) is 3.34. The Morgan fingerprint density at radius 1 is 1.22 bits per heavy atom. The number of aryl methyl sites for hydroxylation is 1. The van der Waals surface area contributed by atoms with Crippen LogP contribution in [0.4, 0.5) is 16.6 Å². The van der Waals surface area contributed by atoms with Crippen molar-refractivity contribution in [2.45, 2.75) is 39.2 Å². The van der Waals surface area contributed by atoms with Gasteiger partial charge < -0.3 is 20.6 Å². The predicted molar refractivity (Wildman–Crippen MR) is 125 cm³/mol. The van der Waals surface area contributed by atoms with Gasteiger partial charge in [-0.05, 0) is 50.5 Å². The number of phenols is 1. The van der Waals surface area contributed by atoms with Gasteiger partial charge in [-0.15, -0.1) is 0 Å². The molecule has 1 aliphatic rings. The van der Waals surface area contributed by atoms with E-state index < -0.39 is 0 Å². The van der Waals surface area contributed by atoms with Gasteiger partial charge in [-0.2, -0.15) is 0 Å². The molecular weight excluding hydrogens is 426 g/mol. The highest BCUT2D eigenvalue weighted by Gasteiger charge is 2.29. The lowest BCUT2D eigenvalue weighted by Gasteiger charge is -2.16. The Morgan fingerprint density at radius 3 is 2.75 bits per heavy atom. The maximum atomic E-state index is 12.7. The van der Waals surface area contributed by atoms with Crippen molar-refractivity contribution in [3.8, 4) is 5.75 Å². The van der Waals surface area contributed by atoms with Gasteiger partial charge in [-0.3, -0.25) is 9.59 Å². The number of rotatable bonds is 7. The standard InChI is InChI=1S/C23H25N5O3S/c1-13-7-10-17(29)14(2)21(13)27-22(31)18-12-24-23(32-18)26-19-6-4-5-15(25-19)11-20(30)28(3)16-8-9-16/h4-7,10,12,16,29H,8-9,11H2,1-3H3,(H,27,31)(H,24,25,26). The predicted octanol–water partition coefficient (Wildman–Crippen LogP) is 4.02. The van der Waals surface area contributed by atoms with Crippen molar-refractivity contribution in [1.82, 2.24) is 14.9 Å². The number of aromatic hydroxyl groups is 1. The van der Waals surface area contributed by atoms with Crippen LogP contribution in [-0.4, -0.2) is 44.9 Å². The van der Waals surface area contributed by atoms with E-state index in [0.717, 1.165) is 18.4 Å². The fourth-order valence-corrected chi connectivity index (χ4v) is 4.06. The molecule has 0 radical (unpaired) electrons. The molecule has 0 spiro atoms. The molecule has 166 valence electrons. The van der Waals surface area contributed by atoms with Gasteiger partial charge in [0.2, 0.25) is 5.91 Å². The molecule has 1 aromatic carbocycles. The van der Waals surface area contributed by atoms with Crippen LogP contribution in [0.5, 0.6) is 5.75 Å². The first-order valence-electron chi connectivity index (χ1n) is 10.4. The van der Waals surface area contributed by atoms with Gasteiger partial charge in [0.15, 0.2) is 5.13 Å². The molecule has 32 heavy (non-hydrogen) atoms. The third kappa shape index (κ3) is 4.88. The summed E-state index contributed by atoms with van der Waals surface area (Å²) in [6.45, 7) is 3.62. The van der Waals surface area contributed by atoms with E-state index in [4.69, 9.17) is 0 Å². The van der Waals surface area contributed by atoms with Crippen LogP contribution < -0.4 is 10.6 Å². The summed E-state index contributed by atoms with van der Waals surface area (Å²) in [7, 11) is 1.84. The second kappa shape index (κ2) is 8.96. The van der Waals surface area contributed by atoms with Gasteiger partial charge in [-0.25, -0.2) is 9.97 Å². The van der Waals surface area contributed by atoms with Crippen LogP contribution in [0.1, 0.15) is 39.3 Å². The molecule has 0 atom stereocenters. The quantitative estimate of drug-likeness (QED) is 0.501. The summed E-state index contributed by atoms with van der Waals surface area (Å²) in [5.41, 5.74) is 2.74. The van der Waals surface area contributed by atoms with E-state index in [2.05, 4.69) is 20.6 Å². The summed E-state index contributed by atoms with van der Waals surface area (Å²) in [4.78, 5) is 36.0.